The molecule has 1 saturated heterocycles. The van der Waals surface area contributed by atoms with Gasteiger partial charge in [0.05, 0.1) is 30.9 Å². The Morgan fingerprint density at radius 1 is 1.13 bits per heavy atom. The van der Waals surface area contributed by atoms with Crippen LogP contribution in [0.1, 0.15) is 15.9 Å². The van der Waals surface area contributed by atoms with E-state index >= 15 is 0 Å². The number of carbonyl (C=O) groups excluding carboxylic acids is 2. The first-order valence-corrected chi connectivity index (χ1v) is 10.0. The van der Waals surface area contributed by atoms with E-state index in [1.165, 1.54) is 37.5 Å². The summed E-state index contributed by atoms with van der Waals surface area (Å²) in [5.74, 6) is -0.627. The van der Waals surface area contributed by atoms with Crippen molar-refractivity contribution in [2.75, 3.05) is 33.4 Å². The molecule has 0 bridgehead atoms. The SMILES string of the molecule is COc1cc(/C=C(\C#N)C(=O)N2CCOCC2)ccc1OC(=O)c1ccc(Cl)cc1Cl. The van der Waals surface area contributed by atoms with Gasteiger partial charge in [0.1, 0.15) is 11.6 Å². The van der Waals surface area contributed by atoms with Gasteiger partial charge in [0.25, 0.3) is 5.91 Å². The molecule has 1 heterocycles. The maximum absolute atomic E-state index is 12.6. The van der Waals surface area contributed by atoms with Crippen LogP contribution in [0.2, 0.25) is 10.0 Å². The van der Waals surface area contributed by atoms with E-state index in [1.54, 1.807) is 17.0 Å². The molecule has 2 aromatic rings. The summed E-state index contributed by atoms with van der Waals surface area (Å²) >= 11 is 11.9. The number of nitrogens with zero attached hydrogens (tertiary/aromatic N) is 2. The molecule has 1 aliphatic rings. The molecule has 1 amide bonds. The first-order valence-electron chi connectivity index (χ1n) is 9.27. The van der Waals surface area contributed by atoms with E-state index < -0.39 is 5.97 Å². The number of ether oxygens (including phenoxy) is 3. The van der Waals surface area contributed by atoms with E-state index in [-0.39, 0.29) is 33.6 Å². The molecule has 0 aliphatic carbocycles. The Morgan fingerprint density at radius 2 is 1.87 bits per heavy atom. The Hall–Kier alpha value is -3.05. The maximum Gasteiger partial charge on any atom is 0.345 e. The lowest BCUT2D eigenvalue weighted by Crippen LogP contribution is -2.41. The van der Waals surface area contributed by atoms with Crippen molar-refractivity contribution >= 4 is 41.2 Å². The standard InChI is InChI=1S/C22H18Cl2N2O5/c1-29-20-11-14(10-15(13-25)21(27)26-6-8-30-9-7-26)2-5-19(20)31-22(28)17-4-3-16(23)12-18(17)24/h2-5,10-12H,6-9H2,1H3/b15-10+. The third-order valence-corrected chi connectivity index (χ3v) is 5.05. The zero-order chi connectivity index (χ0) is 22.4. The molecule has 0 saturated carbocycles. The highest BCUT2D eigenvalue weighted by atomic mass is 35.5. The second-order valence-corrected chi connectivity index (χ2v) is 7.34. The van der Waals surface area contributed by atoms with Crippen molar-refractivity contribution in [3.05, 3.63) is 63.1 Å². The lowest BCUT2D eigenvalue weighted by Gasteiger charge is -2.26. The number of amides is 1. The molecule has 1 fully saturated rings. The summed E-state index contributed by atoms with van der Waals surface area (Å²) in [6, 6.07) is 11.1. The summed E-state index contributed by atoms with van der Waals surface area (Å²) in [5.41, 5.74) is 0.681. The van der Waals surface area contributed by atoms with Gasteiger partial charge < -0.3 is 19.1 Å². The summed E-state index contributed by atoms with van der Waals surface area (Å²) < 4.78 is 15.9. The van der Waals surface area contributed by atoms with Gasteiger partial charge in [0.2, 0.25) is 0 Å². The number of carbonyl (C=O) groups is 2. The Morgan fingerprint density at radius 3 is 2.52 bits per heavy atom. The van der Waals surface area contributed by atoms with Crippen molar-refractivity contribution in [3.63, 3.8) is 0 Å². The van der Waals surface area contributed by atoms with Crippen molar-refractivity contribution < 1.29 is 23.8 Å². The summed E-state index contributed by atoms with van der Waals surface area (Å²) in [5, 5.41) is 10.0. The van der Waals surface area contributed by atoms with E-state index in [2.05, 4.69) is 0 Å². The van der Waals surface area contributed by atoms with Gasteiger partial charge in [-0.25, -0.2) is 4.79 Å². The zero-order valence-corrected chi connectivity index (χ0v) is 18.1. The number of hydrogen-bond donors (Lipinski definition) is 0. The monoisotopic (exact) mass is 460 g/mol. The number of nitriles is 1. The molecule has 0 atom stereocenters. The second-order valence-electron chi connectivity index (χ2n) is 6.50. The molecule has 31 heavy (non-hydrogen) atoms. The molecule has 0 N–H and O–H groups in total. The molecule has 7 nitrogen and oxygen atoms in total. The molecule has 0 unspecified atom stereocenters. The molecule has 0 spiro atoms. The first-order chi connectivity index (χ1) is 14.9. The quantitative estimate of drug-likeness (QED) is 0.290. The second kappa shape index (κ2) is 10.3. The molecule has 9 heteroatoms. The highest BCUT2D eigenvalue weighted by molar-refractivity contribution is 6.36. The van der Waals surface area contributed by atoms with Crippen molar-refractivity contribution in [3.8, 4) is 17.6 Å². The van der Waals surface area contributed by atoms with Crippen LogP contribution in [0, 0.1) is 11.3 Å². The lowest BCUT2D eigenvalue weighted by atomic mass is 10.1. The number of hydrogen-bond acceptors (Lipinski definition) is 6. The number of methoxy groups -OCH3 is 1. The minimum Gasteiger partial charge on any atom is -0.493 e. The van der Waals surface area contributed by atoms with Gasteiger partial charge in [0, 0.05) is 18.1 Å². The van der Waals surface area contributed by atoms with Crippen LogP contribution in [0.5, 0.6) is 11.5 Å². The Kier molecular flexibility index (Phi) is 7.53. The highest BCUT2D eigenvalue weighted by Gasteiger charge is 2.21. The van der Waals surface area contributed by atoms with E-state index in [0.717, 1.165) is 0 Å². The smallest absolute Gasteiger partial charge is 0.345 e. The Labute approximate surface area is 189 Å². The number of rotatable bonds is 5. The lowest BCUT2D eigenvalue weighted by molar-refractivity contribution is -0.130. The third kappa shape index (κ3) is 5.56. The van der Waals surface area contributed by atoms with Gasteiger partial charge in [-0.3, -0.25) is 4.79 Å². The summed E-state index contributed by atoms with van der Waals surface area (Å²) in [7, 11) is 1.42. The van der Waals surface area contributed by atoms with Crippen molar-refractivity contribution in [2.45, 2.75) is 0 Å². The molecule has 1 aliphatic heterocycles. The van der Waals surface area contributed by atoms with Crippen LogP contribution >= 0.6 is 23.2 Å². The van der Waals surface area contributed by atoms with Gasteiger partial charge in [-0.2, -0.15) is 5.26 Å². The van der Waals surface area contributed by atoms with Crippen LogP contribution in [0.15, 0.2) is 42.0 Å². The molecule has 160 valence electrons. The first kappa shape index (κ1) is 22.6. The van der Waals surface area contributed by atoms with Gasteiger partial charge in [-0.15, -0.1) is 0 Å². The van der Waals surface area contributed by atoms with Gasteiger partial charge in [0.15, 0.2) is 11.5 Å². The number of halogens is 2. The average molecular weight is 461 g/mol. The van der Waals surface area contributed by atoms with Crippen LogP contribution in [-0.4, -0.2) is 50.2 Å². The summed E-state index contributed by atoms with van der Waals surface area (Å²) in [4.78, 5) is 26.6. The van der Waals surface area contributed by atoms with Crippen molar-refractivity contribution in [1.29, 1.82) is 5.26 Å². The Bertz CT molecular complexity index is 1070. The van der Waals surface area contributed by atoms with Crippen LogP contribution in [0.25, 0.3) is 6.08 Å². The van der Waals surface area contributed by atoms with E-state index in [1.807, 2.05) is 6.07 Å². The maximum atomic E-state index is 12.6. The fourth-order valence-corrected chi connectivity index (χ4v) is 3.40. The fraction of sp³-hybridized carbons (Fsp3) is 0.227. The van der Waals surface area contributed by atoms with Gasteiger partial charge in [-0.1, -0.05) is 29.3 Å². The van der Waals surface area contributed by atoms with Crippen LogP contribution in [-0.2, 0) is 9.53 Å². The topological polar surface area (TPSA) is 88.9 Å². The zero-order valence-electron chi connectivity index (χ0n) is 16.6. The number of esters is 1. The predicted molar refractivity (Wildman–Crippen MR) is 115 cm³/mol. The number of benzene rings is 2. The highest BCUT2D eigenvalue weighted by Crippen LogP contribution is 2.31. The summed E-state index contributed by atoms with van der Waals surface area (Å²) in [6.45, 7) is 1.75. The normalized spacial score (nSPS) is 14.0. The molecular weight excluding hydrogens is 443 g/mol. The minimum absolute atomic E-state index is 0.0124. The summed E-state index contributed by atoms with van der Waals surface area (Å²) in [6.07, 6.45) is 1.46. The van der Waals surface area contributed by atoms with Crippen LogP contribution < -0.4 is 9.47 Å². The molecule has 2 aromatic carbocycles. The van der Waals surface area contributed by atoms with Crippen molar-refractivity contribution in [2.24, 2.45) is 0 Å². The number of morpholine rings is 1. The minimum atomic E-state index is -0.677. The van der Waals surface area contributed by atoms with Crippen LogP contribution in [0.3, 0.4) is 0 Å². The van der Waals surface area contributed by atoms with Crippen LogP contribution in [0.4, 0.5) is 0 Å². The van der Waals surface area contributed by atoms with E-state index in [0.29, 0.717) is 36.9 Å². The third-order valence-electron chi connectivity index (χ3n) is 4.50. The fourth-order valence-electron chi connectivity index (χ4n) is 2.91. The van der Waals surface area contributed by atoms with E-state index in [9.17, 15) is 14.9 Å². The largest absolute Gasteiger partial charge is 0.493 e. The van der Waals surface area contributed by atoms with Gasteiger partial charge in [-0.05, 0) is 42.0 Å². The molecule has 0 radical (unpaired) electrons. The molecular formula is C22H18Cl2N2O5. The molecule has 0 aromatic heterocycles. The Balaban J connectivity index is 1.81. The van der Waals surface area contributed by atoms with Gasteiger partial charge >= 0.3 is 5.97 Å². The van der Waals surface area contributed by atoms with Crippen molar-refractivity contribution in [1.82, 2.24) is 4.90 Å². The van der Waals surface area contributed by atoms with E-state index in [4.69, 9.17) is 37.4 Å². The molecule has 3 rings (SSSR count). The predicted octanol–water partition coefficient (Wildman–Crippen LogP) is 3.99. The average Bonchev–Trinajstić information content (AvgIpc) is 2.78.